The van der Waals surface area contributed by atoms with Crippen LogP contribution in [0.1, 0.15) is 4.88 Å². The monoisotopic (exact) mass is 275 g/mol. The Balaban J connectivity index is 1.80. The maximum atomic E-state index is 11.9. The lowest BCUT2D eigenvalue weighted by Crippen LogP contribution is -2.13. The number of amides is 1. The Bertz CT molecular complexity index is 676. The van der Waals surface area contributed by atoms with Crippen LogP contribution in [-0.4, -0.2) is 14.7 Å². The molecule has 0 radical (unpaired) electrons. The molecule has 6 heteroatoms. The first-order valence-corrected chi connectivity index (χ1v) is 6.97. The van der Waals surface area contributed by atoms with Gasteiger partial charge in [0.25, 0.3) is 0 Å². The highest BCUT2D eigenvalue weighted by Crippen LogP contribution is 2.21. The molecule has 0 fully saturated rings. The quantitative estimate of drug-likeness (QED) is 0.799. The van der Waals surface area contributed by atoms with Crippen molar-refractivity contribution in [3.63, 3.8) is 0 Å². The number of benzene rings is 1. The number of fused-ring (bicyclic) bond motifs is 1. The van der Waals surface area contributed by atoms with E-state index >= 15 is 0 Å². The molecular formula is C12H9N3OS2. The highest BCUT2D eigenvalue weighted by atomic mass is 32.1. The standard InChI is InChI=1S/C12H9N3OS2/c16-11(7-8-3-2-6-17-8)13-9-4-1-5-10-12(9)15-18-14-10/h1-6H,7H2,(H,13,16). The molecule has 2 heterocycles. The molecule has 0 unspecified atom stereocenters. The predicted molar refractivity (Wildman–Crippen MR) is 74.1 cm³/mol. The van der Waals surface area contributed by atoms with Gasteiger partial charge in [-0.3, -0.25) is 4.79 Å². The Morgan fingerprint density at radius 2 is 2.17 bits per heavy atom. The zero-order valence-corrected chi connectivity index (χ0v) is 10.9. The summed E-state index contributed by atoms with van der Waals surface area (Å²) in [4.78, 5) is 12.9. The summed E-state index contributed by atoms with van der Waals surface area (Å²) in [7, 11) is 0. The SMILES string of the molecule is O=C(Cc1cccs1)Nc1cccc2nsnc12. The maximum Gasteiger partial charge on any atom is 0.229 e. The van der Waals surface area contributed by atoms with Crippen LogP contribution in [0.3, 0.4) is 0 Å². The zero-order valence-electron chi connectivity index (χ0n) is 9.29. The number of carbonyl (C=O) groups excluding carboxylic acids is 1. The van der Waals surface area contributed by atoms with Crippen LogP contribution >= 0.6 is 23.1 Å². The van der Waals surface area contributed by atoms with E-state index < -0.39 is 0 Å². The van der Waals surface area contributed by atoms with E-state index in [-0.39, 0.29) is 5.91 Å². The summed E-state index contributed by atoms with van der Waals surface area (Å²) in [6.45, 7) is 0. The normalized spacial score (nSPS) is 10.7. The van der Waals surface area contributed by atoms with Crippen LogP contribution in [0.4, 0.5) is 5.69 Å². The van der Waals surface area contributed by atoms with Crippen LogP contribution in [0.5, 0.6) is 0 Å². The summed E-state index contributed by atoms with van der Waals surface area (Å²) in [6.07, 6.45) is 0.394. The molecule has 18 heavy (non-hydrogen) atoms. The van der Waals surface area contributed by atoms with Crippen LogP contribution in [0.2, 0.25) is 0 Å². The van der Waals surface area contributed by atoms with Crippen molar-refractivity contribution >= 4 is 45.7 Å². The summed E-state index contributed by atoms with van der Waals surface area (Å²) in [6, 6.07) is 9.49. The van der Waals surface area contributed by atoms with Gasteiger partial charge in [0, 0.05) is 4.88 Å². The van der Waals surface area contributed by atoms with Gasteiger partial charge in [0.1, 0.15) is 11.0 Å². The third-order valence-electron chi connectivity index (χ3n) is 2.47. The van der Waals surface area contributed by atoms with Crippen molar-refractivity contribution < 1.29 is 4.79 Å². The van der Waals surface area contributed by atoms with E-state index in [9.17, 15) is 4.79 Å². The fourth-order valence-corrected chi connectivity index (χ4v) is 2.93. The van der Waals surface area contributed by atoms with Gasteiger partial charge in [-0.15, -0.1) is 11.3 Å². The number of nitrogens with one attached hydrogen (secondary N) is 1. The zero-order chi connectivity index (χ0) is 12.4. The van der Waals surface area contributed by atoms with Gasteiger partial charge in [0.15, 0.2) is 0 Å². The van der Waals surface area contributed by atoms with E-state index in [0.717, 1.165) is 33.3 Å². The first-order valence-electron chi connectivity index (χ1n) is 5.36. The number of hydrogen-bond acceptors (Lipinski definition) is 5. The third kappa shape index (κ3) is 2.25. The van der Waals surface area contributed by atoms with Crippen molar-refractivity contribution in [2.45, 2.75) is 6.42 Å². The molecule has 0 spiro atoms. The maximum absolute atomic E-state index is 11.9. The molecule has 0 saturated heterocycles. The molecule has 3 rings (SSSR count). The minimum absolute atomic E-state index is 0.0297. The Morgan fingerprint density at radius 3 is 3.00 bits per heavy atom. The minimum atomic E-state index is -0.0297. The molecule has 1 amide bonds. The van der Waals surface area contributed by atoms with Crippen LogP contribution < -0.4 is 5.32 Å². The number of anilines is 1. The van der Waals surface area contributed by atoms with Gasteiger partial charge in [-0.2, -0.15) is 8.75 Å². The van der Waals surface area contributed by atoms with E-state index in [1.165, 1.54) is 0 Å². The first kappa shape index (κ1) is 11.3. The van der Waals surface area contributed by atoms with Gasteiger partial charge < -0.3 is 5.32 Å². The lowest BCUT2D eigenvalue weighted by molar-refractivity contribution is -0.115. The Kier molecular flexibility index (Phi) is 3.04. The number of thiophene rings is 1. The lowest BCUT2D eigenvalue weighted by Gasteiger charge is -2.04. The van der Waals surface area contributed by atoms with Crippen LogP contribution in [0.25, 0.3) is 11.0 Å². The summed E-state index contributed by atoms with van der Waals surface area (Å²) in [5.41, 5.74) is 2.29. The fraction of sp³-hybridized carbons (Fsp3) is 0.0833. The molecule has 4 nitrogen and oxygen atoms in total. The summed E-state index contributed by atoms with van der Waals surface area (Å²) >= 11 is 2.73. The van der Waals surface area contributed by atoms with E-state index in [0.29, 0.717) is 6.42 Å². The Labute approximate surface area is 112 Å². The molecule has 0 atom stereocenters. The fourth-order valence-electron chi connectivity index (χ4n) is 1.67. The Morgan fingerprint density at radius 1 is 1.22 bits per heavy atom. The molecule has 0 aliphatic rings. The van der Waals surface area contributed by atoms with E-state index in [4.69, 9.17) is 0 Å². The Hall–Kier alpha value is -1.79. The summed E-state index contributed by atoms with van der Waals surface area (Å²) in [5.74, 6) is -0.0297. The largest absolute Gasteiger partial charge is 0.324 e. The van der Waals surface area contributed by atoms with E-state index in [1.807, 2.05) is 35.7 Å². The minimum Gasteiger partial charge on any atom is -0.324 e. The molecule has 3 aromatic rings. The van der Waals surface area contributed by atoms with Gasteiger partial charge in [-0.1, -0.05) is 12.1 Å². The number of rotatable bonds is 3. The van der Waals surface area contributed by atoms with Crippen molar-refractivity contribution in [2.24, 2.45) is 0 Å². The number of hydrogen-bond donors (Lipinski definition) is 1. The van der Waals surface area contributed by atoms with Crippen molar-refractivity contribution in [3.8, 4) is 0 Å². The van der Waals surface area contributed by atoms with E-state index in [1.54, 1.807) is 11.3 Å². The molecule has 90 valence electrons. The van der Waals surface area contributed by atoms with Gasteiger partial charge in [-0.05, 0) is 23.6 Å². The van der Waals surface area contributed by atoms with Gasteiger partial charge in [0.05, 0.1) is 23.8 Å². The first-order chi connectivity index (χ1) is 8.83. The second-order valence-corrected chi connectivity index (χ2v) is 5.30. The van der Waals surface area contributed by atoms with E-state index in [2.05, 4.69) is 14.1 Å². The van der Waals surface area contributed by atoms with Crippen LogP contribution in [-0.2, 0) is 11.2 Å². The van der Waals surface area contributed by atoms with Crippen molar-refractivity contribution in [2.75, 3.05) is 5.32 Å². The molecule has 0 aliphatic carbocycles. The molecular weight excluding hydrogens is 266 g/mol. The van der Waals surface area contributed by atoms with Crippen molar-refractivity contribution in [1.82, 2.24) is 8.75 Å². The average molecular weight is 275 g/mol. The van der Waals surface area contributed by atoms with Gasteiger partial charge in [0.2, 0.25) is 5.91 Å². The molecule has 0 bridgehead atoms. The number of nitrogens with zero attached hydrogens (tertiary/aromatic N) is 2. The lowest BCUT2D eigenvalue weighted by atomic mass is 10.2. The second-order valence-electron chi connectivity index (χ2n) is 3.74. The van der Waals surface area contributed by atoms with Crippen molar-refractivity contribution in [3.05, 3.63) is 40.6 Å². The van der Waals surface area contributed by atoms with Crippen molar-refractivity contribution in [1.29, 1.82) is 0 Å². The molecule has 1 N–H and O–H groups in total. The second kappa shape index (κ2) is 4.83. The topological polar surface area (TPSA) is 54.9 Å². The molecule has 1 aromatic carbocycles. The van der Waals surface area contributed by atoms with Gasteiger partial charge >= 0.3 is 0 Å². The third-order valence-corrected chi connectivity index (χ3v) is 3.89. The average Bonchev–Trinajstić information content (AvgIpc) is 2.99. The highest BCUT2D eigenvalue weighted by molar-refractivity contribution is 7.10. The smallest absolute Gasteiger partial charge is 0.229 e. The molecule has 0 saturated carbocycles. The predicted octanol–water partition coefficient (Wildman–Crippen LogP) is 2.93. The van der Waals surface area contributed by atoms with Gasteiger partial charge in [-0.25, -0.2) is 0 Å². The molecule has 0 aliphatic heterocycles. The summed E-state index contributed by atoms with van der Waals surface area (Å²) in [5, 5.41) is 4.85. The number of aromatic nitrogens is 2. The number of carbonyl (C=O) groups is 1. The highest BCUT2D eigenvalue weighted by Gasteiger charge is 2.09. The van der Waals surface area contributed by atoms with Crippen LogP contribution in [0.15, 0.2) is 35.7 Å². The summed E-state index contributed by atoms with van der Waals surface area (Å²) < 4.78 is 8.33. The molecule has 2 aromatic heterocycles. The van der Waals surface area contributed by atoms with Crippen LogP contribution in [0, 0.1) is 0 Å².